The van der Waals surface area contributed by atoms with Crippen molar-refractivity contribution in [2.45, 2.75) is 70.9 Å². The molecule has 0 amide bonds. The van der Waals surface area contributed by atoms with Gasteiger partial charge in [-0.1, -0.05) is 64.2 Å². The third-order valence-corrected chi connectivity index (χ3v) is 3.77. The second-order valence-electron chi connectivity index (χ2n) is 5.42. The van der Waals surface area contributed by atoms with E-state index in [1.54, 1.807) is 12.1 Å². The van der Waals surface area contributed by atoms with E-state index in [2.05, 4.69) is 13.8 Å². The van der Waals surface area contributed by atoms with E-state index in [-0.39, 0.29) is 5.92 Å². The largest absolute Gasteiger partial charge is 0.416 e. The van der Waals surface area contributed by atoms with Gasteiger partial charge in [0.1, 0.15) is 0 Å². The monoisotopic (exact) mass is 286 g/mol. The van der Waals surface area contributed by atoms with Crippen LogP contribution in [0.5, 0.6) is 0 Å². The molecule has 0 aliphatic carbocycles. The Balaban J connectivity index is 2.94. The second-order valence-corrected chi connectivity index (χ2v) is 5.42. The van der Waals surface area contributed by atoms with E-state index in [9.17, 15) is 13.2 Å². The van der Waals surface area contributed by atoms with E-state index >= 15 is 0 Å². The Morgan fingerprint density at radius 1 is 0.900 bits per heavy atom. The van der Waals surface area contributed by atoms with Crippen molar-refractivity contribution < 1.29 is 13.2 Å². The highest BCUT2D eigenvalue weighted by Gasteiger charge is 2.34. The lowest BCUT2D eigenvalue weighted by atomic mass is 9.86. The maximum absolute atomic E-state index is 13.1. The number of unbranched alkanes of at least 4 members (excludes halogenated alkanes) is 3. The lowest BCUT2D eigenvalue weighted by Crippen LogP contribution is -2.12. The van der Waals surface area contributed by atoms with Crippen LogP contribution in [-0.2, 0) is 6.18 Å². The van der Waals surface area contributed by atoms with Crippen molar-refractivity contribution in [2.24, 2.45) is 0 Å². The summed E-state index contributed by atoms with van der Waals surface area (Å²) in [5.41, 5.74) is 0.0437. The van der Waals surface area contributed by atoms with Gasteiger partial charge < -0.3 is 0 Å². The van der Waals surface area contributed by atoms with E-state index < -0.39 is 11.7 Å². The molecular weight excluding hydrogens is 261 g/mol. The number of hydrogen-bond acceptors (Lipinski definition) is 0. The first kappa shape index (κ1) is 17.1. The Hall–Kier alpha value is -0.990. The van der Waals surface area contributed by atoms with Gasteiger partial charge in [0.2, 0.25) is 0 Å². The number of benzene rings is 1. The lowest BCUT2D eigenvalue weighted by Gasteiger charge is -2.21. The van der Waals surface area contributed by atoms with Crippen LogP contribution in [0.25, 0.3) is 0 Å². The molecule has 0 bridgehead atoms. The number of alkyl halides is 3. The molecule has 20 heavy (non-hydrogen) atoms. The van der Waals surface area contributed by atoms with Gasteiger partial charge in [-0.3, -0.25) is 0 Å². The molecule has 0 aliphatic heterocycles. The van der Waals surface area contributed by atoms with Crippen LogP contribution in [0.1, 0.15) is 75.8 Å². The zero-order chi connectivity index (χ0) is 15.0. The van der Waals surface area contributed by atoms with Crippen molar-refractivity contribution >= 4 is 0 Å². The molecule has 1 rings (SSSR count). The minimum atomic E-state index is -4.24. The quantitative estimate of drug-likeness (QED) is 0.475. The molecule has 0 saturated heterocycles. The van der Waals surface area contributed by atoms with Crippen LogP contribution in [0.15, 0.2) is 24.3 Å². The molecule has 0 saturated carbocycles. The minimum Gasteiger partial charge on any atom is -0.166 e. The molecule has 0 radical (unpaired) electrons. The van der Waals surface area contributed by atoms with Crippen LogP contribution in [0.3, 0.4) is 0 Å². The molecule has 1 atom stereocenters. The Morgan fingerprint density at radius 3 is 2.10 bits per heavy atom. The summed E-state index contributed by atoms with van der Waals surface area (Å²) in [7, 11) is 0. The van der Waals surface area contributed by atoms with Gasteiger partial charge in [0, 0.05) is 0 Å². The SMILES string of the molecule is CCCCCC(CCCC)c1ccccc1C(F)(F)F. The van der Waals surface area contributed by atoms with Crippen molar-refractivity contribution in [3.8, 4) is 0 Å². The van der Waals surface area contributed by atoms with Crippen LogP contribution >= 0.6 is 0 Å². The predicted octanol–water partition coefficient (Wildman–Crippen LogP) is 6.56. The summed E-state index contributed by atoms with van der Waals surface area (Å²) < 4.78 is 39.4. The standard InChI is InChI=1S/C17H25F3/c1-3-5-7-11-14(10-6-4-2)15-12-8-9-13-16(15)17(18,19)20/h8-9,12-14H,3-7,10-11H2,1-2H3. The Kier molecular flexibility index (Phi) is 7.11. The maximum atomic E-state index is 13.1. The lowest BCUT2D eigenvalue weighted by molar-refractivity contribution is -0.138. The number of hydrogen-bond donors (Lipinski definition) is 0. The molecular formula is C17H25F3. The van der Waals surface area contributed by atoms with Gasteiger partial charge in [-0.25, -0.2) is 0 Å². The second kappa shape index (κ2) is 8.33. The first-order chi connectivity index (χ1) is 9.50. The van der Waals surface area contributed by atoms with Gasteiger partial charge in [-0.2, -0.15) is 13.2 Å². The fourth-order valence-corrected chi connectivity index (χ4v) is 2.66. The zero-order valence-electron chi connectivity index (χ0n) is 12.5. The van der Waals surface area contributed by atoms with Gasteiger partial charge in [0.25, 0.3) is 0 Å². The van der Waals surface area contributed by atoms with Crippen molar-refractivity contribution in [3.05, 3.63) is 35.4 Å². The van der Waals surface area contributed by atoms with Crippen molar-refractivity contribution in [1.29, 1.82) is 0 Å². The first-order valence-corrected chi connectivity index (χ1v) is 7.66. The Bertz CT molecular complexity index is 382. The van der Waals surface area contributed by atoms with Gasteiger partial charge in [-0.05, 0) is 30.4 Å². The average molecular weight is 286 g/mol. The molecule has 0 fully saturated rings. The molecule has 0 N–H and O–H groups in total. The van der Waals surface area contributed by atoms with E-state index in [0.29, 0.717) is 5.56 Å². The minimum absolute atomic E-state index is 0.0410. The van der Waals surface area contributed by atoms with Gasteiger partial charge in [0.15, 0.2) is 0 Å². The van der Waals surface area contributed by atoms with Crippen LogP contribution in [0.2, 0.25) is 0 Å². The summed E-state index contributed by atoms with van der Waals surface area (Å²) in [6.07, 6.45) is 2.69. The topological polar surface area (TPSA) is 0 Å². The van der Waals surface area contributed by atoms with Crippen LogP contribution in [-0.4, -0.2) is 0 Å². The van der Waals surface area contributed by atoms with Gasteiger partial charge in [-0.15, -0.1) is 0 Å². The molecule has 0 aromatic heterocycles. The summed E-state index contributed by atoms with van der Waals surface area (Å²) in [5, 5.41) is 0. The molecule has 0 nitrogen and oxygen atoms in total. The summed E-state index contributed by atoms with van der Waals surface area (Å²) in [4.78, 5) is 0. The van der Waals surface area contributed by atoms with Gasteiger partial charge >= 0.3 is 6.18 Å². The number of halogens is 3. The summed E-state index contributed by atoms with van der Waals surface area (Å²) in [6.45, 7) is 4.20. The highest BCUT2D eigenvalue weighted by molar-refractivity contribution is 5.32. The van der Waals surface area contributed by atoms with E-state index in [4.69, 9.17) is 0 Å². The fraction of sp³-hybridized carbons (Fsp3) is 0.647. The van der Waals surface area contributed by atoms with Crippen LogP contribution in [0.4, 0.5) is 13.2 Å². The van der Waals surface area contributed by atoms with Crippen molar-refractivity contribution in [1.82, 2.24) is 0 Å². The number of rotatable bonds is 8. The van der Waals surface area contributed by atoms with E-state index in [1.165, 1.54) is 12.1 Å². The summed E-state index contributed by atoms with van der Waals surface area (Å²) in [6, 6.07) is 6.09. The summed E-state index contributed by atoms with van der Waals surface area (Å²) >= 11 is 0. The fourth-order valence-electron chi connectivity index (χ4n) is 2.66. The normalized spacial score (nSPS) is 13.4. The van der Waals surface area contributed by atoms with Crippen molar-refractivity contribution in [2.75, 3.05) is 0 Å². The molecule has 0 spiro atoms. The molecule has 1 aromatic carbocycles. The van der Waals surface area contributed by atoms with Crippen molar-refractivity contribution in [3.63, 3.8) is 0 Å². The van der Waals surface area contributed by atoms with Gasteiger partial charge in [0.05, 0.1) is 5.56 Å². The van der Waals surface area contributed by atoms with Crippen LogP contribution in [0, 0.1) is 0 Å². The van der Waals surface area contributed by atoms with E-state index in [1.807, 2.05) is 0 Å². The van der Waals surface area contributed by atoms with E-state index in [0.717, 1.165) is 44.9 Å². The predicted molar refractivity (Wildman–Crippen MR) is 77.9 cm³/mol. The molecule has 114 valence electrons. The molecule has 1 unspecified atom stereocenters. The Labute approximate surface area is 120 Å². The first-order valence-electron chi connectivity index (χ1n) is 7.66. The highest BCUT2D eigenvalue weighted by Crippen LogP contribution is 2.38. The third-order valence-electron chi connectivity index (χ3n) is 3.77. The Morgan fingerprint density at radius 2 is 1.50 bits per heavy atom. The zero-order valence-corrected chi connectivity index (χ0v) is 12.5. The maximum Gasteiger partial charge on any atom is 0.416 e. The third kappa shape index (κ3) is 5.18. The summed E-state index contributed by atoms with van der Waals surface area (Å²) in [5.74, 6) is 0.0410. The smallest absolute Gasteiger partial charge is 0.166 e. The average Bonchev–Trinajstić information content (AvgIpc) is 2.42. The molecule has 1 aromatic rings. The highest BCUT2D eigenvalue weighted by atomic mass is 19.4. The molecule has 3 heteroatoms. The molecule has 0 aliphatic rings. The van der Waals surface area contributed by atoms with Crippen LogP contribution < -0.4 is 0 Å². The molecule has 0 heterocycles.